The van der Waals surface area contributed by atoms with Gasteiger partial charge in [0.1, 0.15) is 16.5 Å². The first-order valence-corrected chi connectivity index (χ1v) is 10.5. The summed E-state index contributed by atoms with van der Waals surface area (Å²) in [4.78, 5) is 0. The smallest absolute Gasteiger partial charge is 0.109 e. The minimum atomic E-state index is -0.981. The molecule has 0 amide bonds. The molecule has 0 aliphatic carbocycles. The molecule has 0 heterocycles. The first-order valence-electron chi connectivity index (χ1n) is 3.50. The van der Waals surface area contributed by atoms with Crippen LogP contribution in [-0.2, 0) is 0 Å². The average molecular weight is 189 g/mol. The minimum Gasteiger partial charge on any atom is -0.360 e. The SMILES string of the molecule is C[Si](C)(C)N[Si](C)(C)C.[Si]. The number of hydrogen-bond acceptors (Lipinski definition) is 1. The molecular formula is C6H19NSi3. The molecule has 1 nitrogen and oxygen atoms in total. The second kappa shape index (κ2) is 3.85. The quantitative estimate of drug-likeness (QED) is 0.654. The van der Waals surface area contributed by atoms with Crippen LogP contribution in [0, 0.1) is 0 Å². The van der Waals surface area contributed by atoms with E-state index in [0.717, 1.165) is 0 Å². The Morgan fingerprint density at radius 2 is 0.900 bits per heavy atom. The summed E-state index contributed by atoms with van der Waals surface area (Å²) in [5.41, 5.74) is 0. The fraction of sp³-hybridized carbons (Fsp3) is 1.00. The fourth-order valence-corrected chi connectivity index (χ4v) is 10.1. The van der Waals surface area contributed by atoms with E-state index >= 15 is 0 Å². The Kier molecular flexibility index (Phi) is 5.08. The lowest BCUT2D eigenvalue weighted by molar-refractivity contribution is 1.30. The standard InChI is InChI=1S/C6H19NSi2.Si/c1-8(2,3)7-9(4,5)6;/h7H,1-6H3;. The van der Waals surface area contributed by atoms with Crippen LogP contribution in [0.1, 0.15) is 0 Å². The largest absolute Gasteiger partial charge is 0.360 e. The van der Waals surface area contributed by atoms with Crippen molar-refractivity contribution >= 4 is 27.4 Å². The first-order chi connectivity index (χ1) is 3.71. The summed E-state index contributed by atoms with van der Waals surface area (Å²) in [6.45, 7) is 14.1. The predicted octanol–water partition coefficient (Wildman–Crippen LogP) is 1.86. The molecule has 0 aromatic carbocycles. The van der Waals surface area contributed by atoms with Gasteiger partial charge in [-0.25, -0.2) is 0 Å². The van der Waals surface area contributed by atoms with E-state index in [1.54, 1.807) is 0 Å². The van der Waals surface area contributed by atoms with E-state index in [2.05, 4.69) is 43.9 Å². The van der Waals surface area contributed by atoms with Crippen LogP contribution < -0.4 is 4.65 Å². The highest BCUT2D eigenvalue weighted by atomic mass is 28.4. The molecule has 0 bridgehead atoms. The Hall–Kier alpha value is 0.611. The van der Waals surface area contributed by atoms with E-state index in [4.69, 9.17) is 0 Å². The van der Waals surface area contributed by atoms with Gasteiger partial charge in [0.15, 0.2) is 0 Å². The topological polar surface area (TPSA) is 12.0 Å². The molecule has 0 saturated heterocycles. The van der Waals surface area contributed by atoms with Gasteiger partial charge in [0.05, 0.1) is 0 Å². The Morgan fingerprint density at radius 3 is 0.900 bits per heavy atom. The van der Waals surface area contributed by atoms with Crippen molar-refractivity contribution in [2.75, 3.05) is 0 Å². The molecule has 0 saturated carbocycles. The third kappa shape index (κ3) is 11.4. The summed E-state index contributed by atoms with van der Waals surface area (Å²) in [7, 11) is -1.96. The number of rotatable bonds is 2. The van der Waals surface area contributed by atoms with Gasteiger partial charge >= 0.3 is 0 Å². The second-order valence-electron chi connectivity index (χ2n) is 4.62. The molecule has 0 aromatic heterocycles. The van der Waals surface area contributed by atoms with Crippen molar-refractivity contribution in [3.8, 4) is 0 Å². The summed E-state index contributed by atoms with van der Waals surface area (Å²) in [6, 6.07) is 0. The second-order valence-corrected chi connectivity index (χ2v) is 14.6. The van der Waals surface area contributed by atoms with Crippen molar-refractivity contribution in [1.82, 2.24) is 4.65 Å². The Bertz CT molecular complexity index is 78.1. The van der Waals surface area contributed by atoms with Crippen LogP contribution in [0.15, 0.2) is 0 Å². The normalized spacial score (nSPS) is 12.6. The van der Waals surface area contributed by atoms with Gasteiger partial charge < -0.3 is 4.65 Å². The van der Waals surface area contributed by atoms with Gasteiger partial charge in [-0.1, -0.05) is 39.3 Å². The van der Waals surface area contributed by atoms with Crippen molar-refractivity contribution in [3.05, 3.63) is 0 Å². The van der Waals surface area contributed by atoms with Crippen LogP contribution in [0.5, 0.6) is 0 Å². The third-order valence-electron chi connectivity index (χ3n) is 0.750. The molecule has 0 rings (SSSR count). The maximum Gasteiger partial charge on any atom is 0.109 e. The lowest BCUT2D eigenvalue weighted by atomic mass is 11.8. The van der Waals surface area contributed by atoms with Crippen molar-refractivity contribution in [1.29, 1.82) is 0 Å². The summed E-state index contributed by atoms with van der Waals surface area (Å²) in [5.74, 6) is 0. The minimum absolute atomic E-state index is 0. The zero-order valence-corrected chi connectivity index (χ0v) is 11.0. The highest BCUT2D eigenvalue weighted by molar-refractivity contribution is 6.90. The van der Waals surface area contributed by atoms with Crippen LogP contribution in [0.4, 0.5) is 0 Å². The molecule has 4 heteroatoms. The van der Waals surface area contributed by atoms with Gasteiger partial charge in [-0.2, -0.15) is 0 Å². The highest BCUT2D eigenvalue weighted by Crippen LogP contribution is 2.02. The molecule has 0 fully saturated rings. The van der Waals surface area contributed by atoms with E-state index in [1.807, 2.05) is 0 Å². The van der Waals surface area contributed by atoms with Crippen LogP contribution in [-0.4, -0.2) is 27.4 Å². The third-order valence-corrected chi connectivity index (χ3v) is 6.75. The van der Waals surface area contributed by atoms with Gasteiger partial charge in [0, 0.05) is 11.0 Å². The molecule has 0 aliphatic heterocycles. The molecule has 60 valence electrons. The van der Waals surface area contributed by atoms with Gasteiger partial charge in [-0.05, 0) is 0 Å². The number of nitrogens with one attached hydrogen (secondary N) is 1. The van der Waals surface area contributed by atoms with Gasteiger partial charge in [-0.15, -0.1) is 0 Å². The van der Waals surface area contributed by atoms with Crippen molar-refractivity contribution in [3.63, 3.8) is 0 Å². The summed E-state index contributed by atoms with van der Waals surface area (Å²) in [6.07, 6.45) is 0. The summed E-state index contributed by atoms with van der Waals surface area (Å²) < 4.78 is 3.74. The van der Waals surface area contributed by atoms with E-state index in [-0.39, 0.29) is 11.0 Å². The fourth-order valence-electron chi connectivity index (χ4n) is 1.12. The molecular weight excluding hydrogens is 170 g/mol. The Labute approximate surface area is 71.8 Å². The van der Waals surface area contributed by atoms with Crippen LogP contribution in [0.3, 0.4) is 0 Å². The molecule has 0 unspecified atom stereocenters. The molecule has 1 N–H and O–H groups in total. The zero-order chi connectivity index (χ0) is 7.71. The number of hydrogen-bond donors (Lipinski definition) is 1. The average Bonchev–Trinajstić information content (AvgIpc) is 1.14. The maximum absolute atomic E-state index is 3.74. The Morgan fingerprint density at radius 1 is 0.700 bits per heavy atom. The predicted molar refractivity (Wildman–Crippen MR) is 55.6 cm³/mol. The summed E-state index contributed by atoms with van der Waals surface area (Å²) in [5, 5.41) is 0. The molecule has 0 aliphatic rings. The van der Waals surface area contributed by atoms with Crippen LogP contribution in [0.25, 0.3) is 0 Å². The summed E-state index contributed by atoms with van der Waals surface area (Å²) >= 11 is 0. The van der Waals surface area contributed by atoms with Crippen molar-refractivity contribution in [2.24, 2.45) is 0 Å². The van der Waals surface area contributed by atoms with Gasteiger partial charge in [0.25, 0.3) is 0 Å². The van der Waals surface area contributed by atoms with E-state index in [0.29, 0.717) is 0 Å². The molecule has 0 spiro atoms. The molecule has 0 aromatic rings. The first kappa shape index (κ1) is 13.2. The lowest BCUT2D eigenvalue weighted by Crippen LogP contribution is -2.55. The van der Waals surface area contributed by atoms with E-state index in [9.17, 15) is 0 Å². The molecule has 4 radical (unpaired) electrons. The van der Waals surface area contributed by atoms with Gasteiger partial charge in [-0.3, -0.25) is 0 Å². The Balaban J connectivity index is 0. The zero-order valence-electron chi connectivity index (χ0n) is 8.00. The monoisotopic (exact) mass is 189 g/mol. The van der Waals surface area contributed by atoms with E-state index < -0.39 is 16.5 Å². The van der Waals surface area contributed by atoms with Gasteiger partial charge in [0.2, 0.25) is 0 Å². The molecule has 0 atom stereocenters. The lowest BCUT2D eigenvalue weighted by Gasteiger charge is -2.28. The van der Waals surface area contributed by atoms with Crippen molar-refractivity contribution in [2.45, 2.75) is 39.3 Å². The van der Waals surface area contributed by atoms with Crippen molar-refractivity contribution < 1.29 is 0 Å². The van der Waals surface area contributed by atoms with E-state index in [1.165, 1.54) is 0 Å². The van der Waals surface area contributed by atoms with Crippen LogP contribution >= 0.6 is 0 Å². The van der Waals surface area contributed by atoms with Crippen LogP contribution in [0.2, 0.25) is 39.3 Å². The maximum atomic E-state index is 3.74. The molecule has 10 heavy (non-hydrogen) atoms. The highest BCUT2D eigenvalue weighted by Gasteiger charge is 2.22.